The van der Waals surface area contributed by atoms with Crippen molar-refractivity contribution in [2.24, 2.45) is 5.73 Å². The standard InChI is InChI=1S/C25H27N5OS2/c1-4-14-29(15-5-2)33-20-11-9-19(10-12-20)30-24-21(23(27-30)25(26)31)13-7-17-6-8-18(28-32-3)16-22(17)24/h4-6,8-12,16,28H,1-2,7,13-15H2,3H3,(H2,26,31). The van der Waals surface area contributed by atoms with Crippen LogP contribution in [0, 0.1) is 0 Å². The lowest BCUT2D eigenvalue weighted by Crippen LogP contribution is -2.15. The number of hydrogen-bond acceptors (Lipinski definition) is 6. The number of primary amides is 1. The molecule has 0 radical (unpaired) electrons. The van der Waals surface area contributed by atoms with Gasteiger partial charge in [0, 0.05) is 41.1 Å². The quantitative estimate of drug-likeness (QED) is 0.312. The molecule has 33 heavy (non-hydrogen) atoms. The van der Waals surface area contributed by atoms with Crippen LogP contribution in [0.25, 0.3) is 16.9 Å². The van der Waals surface area contributed by atoms with Crippen LogP contribution >= 0.6 is 23.9 Å². The molecule has 1 amide bonds. The summed E-state index contributed by atoms with van der Waals surface area (Å²) in [6.45, 7) is 9.17. The van der Waals surface area contributed by atoms with Crippen molar-refractivity contribution in [2.75, 3.05) is 24.1 Å². The van der Waals surface area contributed by atoms with Gasteiger partial charge in [-0.25, -0.2) is 8.99 Å². The van der Waals surface area contributed by atoms with Crippen molar-refractivity contribution in [1.82, 2.24) is 14.1 Å². The van der Waals surface area contributed by atoms with E-state index in [1.807, 2.05) is 35.2 Å². The molecule has 0 saturated carbocycles. The third-order valence-electron chi connectivity index (χ3n) is 5.43. The van der Waals surface area contributed by atoms with Crippen LogP contribution < -0.4 is 10.5 Å². The molecule has 3 aromatic rings. The van der Waals surface area contributed by atoms with E-state index in [1.165, 1.54) is 5.56 Å². The smallest absolute Gasteiger partial charge is 0.269 e. The van der Waals surface area contributed by atoms with Crippen LogP contribution in [0.15, 0.2) is 72.7 Å². The lowest BCUT2D eigenvalue weighted by atomic mass is 9.88. The molecule has 4 rings (SSSR count). The van der Waals surface area contributed by atoms with Gasteiger partial charge < -0.3 is 10.5 Å². The van der Waals surface area contributed by atoms with Crippen LogP contribution in [0.2, 0.25) is 0 Å². The van der Waals surface area contributed by atoms with Crippen molar-refractivity contribution in [2.45, 2.75) is 17.7 Å². The third-order valence-corrected chi connectivity index (χ3v) is 6.91. The Morgan fingerprint density at radius 3 is 2.55 bits per heavy atom. The molecule has 0 aliphatic heterocycles. The molecule has 0 atom stereocenters. The zero-order valence-corrected chi connectivity index (χ0v) is 20.2. The first kappa shape index (κ1) is 23.2. The number of fused-ring (bicyclic) bond motifs is 3. The Balaban J connectivity index is 1.75. The zero-order valence-electron chi connectivity index (χ0n) is 18.6. The van der Waals surface area contributed by atoms with Crippen molar-refractivity contribution >= 4 is 35.5 Å². The van der Waals surface area contributed by atoms with Gasteiger partial charge in [-0.1, -0.05) is 30.2 Å². The van der Waals surface area contributed by atoms with Gasteiger partial charge in [-0.15, -0.1) is 13.2 Å². The highest BCUT2D eigenvalue weighted by molar-refractivity contribution is 7.99. The zero-order chi connectivity index (χ0) is 23.4. The number of nitrogens with two attached hydrogens (primary N) is 1. The maximum atomic E-state index is 12.2. The molecule has 8 heteroatoms. The summed E-state index contributed by atoms with van der Waals surface area (Å²) in [6.07, 6.45) is 7.34. The molecule has 1 aromatic heterocycles. The van der Waals surface area contributed by atoms with Crippen LogP contribution in [0.3, 0.4) is 0 Å². The molecular weight excluding hydrogens is 450 g/mol. The maximum Gasteiger partial charge on any atom is 0.269 e. The summed E-state index contributed by atoms with van der Waals surface area (Å²) in [4.78, 5) is 13.3. The second-order valence-corrected chi connectivity index (χ2v) is 9.42. The average molecular weight is 478 g/mol. The second-order valence-electron chi connectivity index (χ2n) is 7.64. The maximum absolute atomic E-state index is 12.2. The van der Waals surface area contributed by atoms with Crippen molar-refractivity contribution in [3.8, 4) is 16.9 Å². The molecule has 1 aliphatic rings. The van der Waals surface area contributed by atoms with Crippen molar-refractivity contribution in [1.29, 1.82) is 0 Å². The summed E-state index contributed by atoms with van der Waals surface area (Å²) >= 11 is 3.20. The fourth-order valence-electron chi connectivity index (χ4n) is 4.04. The Bertz CT molecular complexity index is 1180. The number of nitrogens with one attached hydrogen (secondary N) is 1. The number of nitrogens with zero attached hydrogens (tertiary/aromatic N) is 3. The summed E-state index contributed by atoms with van der Waals surface area (Å²) in [6, 6.07) is 14.5. The first-order valence-corrected chi connectivity index (χ1v) is 12.6. The number of amides is 1. The molecule has 0 bridgehead atoms. The highest BCUT2D eigenvalue weighted by atomic mass is 32.2. The van der Waals surface area contributed by atoms with E-state index in [9.17, 15) is 4.79 Å². The van der Waals surface area contributed by atoms with Gasteiger partial charge in [0.25, 0.3) is 5.91 Å². The number of aryl methyl sites for hydroxylation is 1. The molecule has 2 aromatic carbocycles. The van der Waals surface area contributed by atoms with Gasteiger partial charge in [-0.2, -0.15) is 5.10 Å². The molecule has 0 unspecified atom stereocenters. The molecule has 6 nitrogen and oxygen atoms in total. The van der Waals surface area contributed by atoms with Crippen molar-refractivity contribution < 1.29 is 4.79 Å². The minimum Gasteiger partial charge on any atom is -0.364 e. The van der Waals surface area contributed by atoms with E-state index in [-0.39, 0.29) is 0 Å². The summed E-state index contributed by atoms with van der Waals surface area (Å²) in [5.41, 5.74) is 12.1. The number of rotatable bonds is 10. The van der Waals surface area contributed by atoms with Crippen molar-refractivity contribution in [3.63, 3.8) is 0 Å². The van der Waals surface area contributed by atoms with E-state index in [1.54, 1.807) is 23.9 Å². The van der Waals surface area contributed by atoms with Crippen LogP contribution in [0.4, 0.5) is 5.69 Å². The normalized spacial score (nSPS) is 12.2. The van der Waals surface area contributed by atoms with E-state index >= 15 is 0 Å². The molecule has 0 fully saturated rings. The first-order valence-electron chi connectivity index (χ1n) is 10.6. The lowest BCUT2D eigenvalue weighted by molar-refractivity contribution is 0.0994. The van der Waals surface area contributed by atoms with Crippen molar-refractivity contribution in [3.05, 3.63) is 84.6 Å². The number of aromatic nitrogens is 2. The fraction of sp³-hybridized carbons (Fsp3) is 0.200. The SMILES string of the molecule is C=CCN(CC=C)Sc1ccc(-n2nc(C(N)=O)c3c2-c2cc(NSC)ccc2CC3)cc1. The van der Waals surface area contributed by atoms with Gasteiger partial charge in [0.15, 0.2) is 5.69 Å². The van der Waals surface area contributed by atoms with Crippen LogP contribution in [0.5, 0.6) is 0 Å². The molecule has 0 spiro atoms. The summed E-state index contributed by atoms with van der Waals surface area (Å²) in [5, 5.41) is 4.66. The molecule has 0 saturated heterocycles. The van der Waals surface area contributed by atoms with Gasteiger partial charge in [0.2, 0.25) is 0 Å². The summed E-state index contributed by atoms with van der Waals surface area (Å²) in [5.74, 6) is -0.497. The van der Waals surface area contributed by atoms with E-state index in [2.05, 4.69) is 57.6 Å². The molecule has 1 aliphatic carbocycles. The van der Waals surface area contributed by atoms with Gasteiger partial charge >= 0.3 is 0 Å². The van der Waals surface area contributed by atoms with Gasteiger partial charge in [0.05, 0.1) is 11.4 Å². The minimum atomic E-state index is -0.497. The van der Waals surface area contributed by atoms with E-state index in [0.717, 1.165) is 59.0 Å². The minimum absolute atomic E-state index is 0.348. The Labute approximate surface area is 203 Å². The third kappa shape index (κ3) is 4.88. The number of hydrogen-bond donors (Lipinski definition) is 2. The second kappa shape index (κ2) is 10.3. The van der Waals surface area contributed by atoms with E-state index < -0.39 is 5.91 Å². The Hall–Kier alpha value is -2.94. The average Bonchev–Trinajstić information content (AvgIpc) is 3.21. The highest BCUT2D eigenvalue weighted by Crippen LogP contribution is 2.39. The number of carbonyl (C=O) groups excluding carboxylic acids is 1. The largest absolute Gasteiger partial charge is 0.364 e. The van der Waals surface area contributed by atoms with Crippen LogP contribution in [0.1, 0.15) is 21.6 Å². The number of benzene rings is 2. The van der Waals surface area contributed by atoms with Gasteiger partial charge in [-0.05, 0) is 66.8 Å². The first-order chi connectivity index (χ1) is 16.0. The topological polar surface area (TPSA) is 76.2 Å². The molecule has 3 N–H and O–H groups in total. The van der Waals surface area contributed by atoms with Crippen LogP contribution in [-0.2, 0) is 12.8 Å². The van der Waals surface area contributed by atoms with Gasteiger partial charge in [0.1, 0.15) is 0 Å². The monoisotopic (exact) mass is 477 g/mol. The summed E-state index contributed by atoms with van der Waals surface area (Å²) < 4.78 is 7.33. The lowest BCUT2D eigenvalue weighted by Gasteiger charge is -2.20. The summed E-state index contributed by atoms with van der Waals surface area (Å²) in [7, 11) is 0. The number of carbonyl (C=O) groups is 1. The predicted molar refractivity (Wildman–Crippen MR) is 140 cm³/mol. The molecule has 170 valence electrons. The predicted octanol–water partition coefficient (Wildman–Crippen LogP) is 5.11. The Kier molecular flexibility index (Phi) is 7.27. The number of anilines is 1. The van der Waals surface area contributed by atoms with E-state index in [0.29, 0.717) is 5.69 Å². The van der Waals surface area contributed by atoms with Crippen LogP contribution in [-0.4, -0.2) is 39.3 Å². The molecular formula is C25H27N5OS2. The van der Waals surface area contributed by atoms with Gasteiger partial charge in [-0.3, -0.25) is 4.79 Å². The Morgan fingerprint density at radius 2 is 1.91 bits per heavy atom. The molecule has 1 heterocycles. The fourth-order valence-corrected chi connectivity index (χ4v) is 5.32. The van der Waals surface area contributed by atoms with E-state index in [4.69, 9.17) is 5.73 Å². The Morgan fingerprint density at radius 1 is 1.18 bits per heavy atom. The highest BCUT2D eigenvalue weighted by Gasteiger charge is 2.28.